The highest BCUT2D eigenvalue weighted by Crippen LogP contribution is 2.33. The largest absolute Gasteiger partial charge is 0.478 e. The quantitative estimate of drug-likeness (QED) is 0.505. The van der Waals surface area contributed by atoms with Gasteiger partial charge in [0, 0.05) is 16.8 Å². The lowest BCUT2D eigenvalue weighted by atomic mass is 10.1. The van der Waals surface area contributed by atoms with E-state index in [1.54, 1.807) is 24.3 Å². The van der Waals surface area contributed by atoms with Crippen LogP contribution in [-0.4, -0.2) is 16.0 Å². The summed E-state index contributed by atoms with van der Waals surface area (Å²) in [7, 11) is 0. The van der Waals surface area contributed by atoms with Crippen molar-refractivity contribution in [1.29, 1.82) is 0 Å². The Kier molecular flexibility index (Phi) is 4.82. The van der Waals surface area contributed by atoms with Crippen LogP contribution in [0.15, 0.2) is 47.4 Å². The van der Waals surface area contributed by atoms with Crippen molar-refractivity contribution in [2.45, 2.75) is 10.6 Å². The summed E-state index contributed by atoms with van der Waals surface area (Å²) in [6, 6.07) is 10.9. The van der Waals surface area contributed by atoms with Crippen LogP contribution in [0.25, 0.3) is 0 Å². The van der Waals surface area contributed by atoms with Gasteiger partial charge in [-0.2, -0.15) is 0 Å². The van der Waals surface area contributed by atoms with E-state index in [0.717, 1.165) is 5.56 Å². The molecule has 0 atom stereocenters. The summed E-state index contributed by atoms with van der Waals surface area (Å²) in [5, 5.41) is 20.1. The van der Waals surface area contributed by atoms with Crippen LogP contribution in [0.3, 0.4) is 0 Å². The Bertz CT molecular complexity index is 705. The molecule has 0 saturated carbocycles. The summed E-state index contributed by atoms with van der Waals surface area (Å²) >= 11 is 7.31. The fourth-order valence-corrected chi connectivity index (χ4v) is 3.04. The SMILES string of the molecule is O=C(O)c1ccc(CSc2ccccc2[N+](=O)[O-])c(Cl)c1. The van der Waals surface area contributed by atoms with Crippen LogP contribution in [0.2, 0.25) is 5.02 Å². The molecule has 0 aromatic heterocycles. The van der Waals surface area contributed by atoms with Crippen LogP contribution in [0.1, 0.15) is 15.9 Å². The van der Waals surface area contributed by atoms with Gasteiger partial charge >= 0.3 is 5.97 Å². The summed E-state index contributed by atoms with van der Waals surface area (Å²) in [5.74, 6) is -0.626. The standard InChI is InChI=1S/C14H10ClNO4S/c15-11-7-9(14(17)18)5-6-10(11)8-21-13-4-2-1-3-12(13)16(19)20/h1-7H,8H2,(H,17,18). The molecule has 0 spiro atoms. The summed E-state index contributed by atoms with van der Waals surface area (Å²) in [5.41, 5.74) is 0.880. The first-order valence-corrected chi connectivity index (χ1v) is 7.23. The highest BCUT2D eigenvalue weighted by molar-refractivity contribution is 7.98. The molecule has 108 valence electrons. The molecule has 7 heteroatoms. The number of nitrogens with zero attached hydrogens (tertiary/aromatic N) is 1. The Balaban J connectivity index is 2.17. The van der Waals surface area contributed by atoms with Crippen LogP contribution in [-0.2, 0) is 5.75 Å². The fraction of sp³-hybridized carbons (Fsp3) is 0.0714. The third-order valence-electron chi connectivity index (χ3n) is 2.75. The van der Waals surface area contributed by atoms with Crippen molar-refractivity contribution in [3.8, 4) is 0 Å². The Hall–Kier alpha value is -2.05. The smallest absolute Gasteiger partial charge is 0.335 e. The molecule has 0 amide bonds. The van der Waals surface area contributed by atoms with E-state index >= 15 is 0 Å². The van der Waals surface area contributed by atoms with E-state index in [9.17, 15) is 14.9 Å². The Morgan fingerprint density at radius 3 is 2.62 bits per heavy atom. The first-order valence-electron chi connectivity index (χ1n) is 5.87. The van der Waals surface area contributed by atoms with Gasteiger partial charge in [-0.15, -0.1) is 11.8 Å². The van der Waals surface area contributed by atoms with Crippen molar-refractivity contribution in [2.24, 2.45) is 0 Å². The predicted octanol–water partition coefficient (Wildman–Crippen LogP) is 4.24. The molecule has 0 fully saturated rings. The lowest BCUT2D eigenvalue weighted by Crippen LogP contribution is -1.97. The molecule has 0 heterocycles. The Labute approximate surface area is 129 Å². The number of para-hydroxylation sites is 1. The van der Waals surface area contributed by atoms with Crippen LogP contribution < -0.4 is 0 Å². The molecule has 5 nitrogen and oxygen atoms in total. The minimum absolute atomic E-state index is 0.0424. The number of hydrogen-bond acceptors (Lipinski definition) is 4. The van der Waals surface area contributed by atoms with E-state index in [0.29, 0.717) is 15.7 Å². The number of benzene rings is 2. The Morgan fingerprint density at radius 2 is 2.00 bits per heavy atom. The number of carboxylic acid groups (broad SMARTS) is 1. The van der Waals surface area contributed by atoms with Gasteiger partial charge in [-0.1, -0.05) is 29.8 Å². The van der Waals surface area contributed by atoms with Gasteiger partial charge in [0.05, 0.1) is 15.4 Å². The molecule has 0 radical (unpaired) electrons. The zero-order valence-electron chi connectivity index (χ0n) is 10.7. The molecule has 0 aliphatic carbocycles. The minimum Gasteiger partial charge on any atom is -0.478 e. The lowest BCUT2D eigenvalue weighted by Gasteiger charge is -2.06. The van der Waals surface area contributed by atoms with Crippen molar-refractivity contribution < 1.29 is 14.8 Å². The highest BCUT2D eigenvalue weighted by atomic mass is 35.5. The molecule has 0 unspecified atom stereocenters. The molecular weight excluding hydrogens is 314 g/mol. The maximum absolute atomic E-state index is 10.9. The van der Waals surface area contributed by atoms with Crippen molar-refractivity contribution in [3.05, 3.63) is 68.7 Å². The molecule has 0 aliphatic rings. The summed E-state index contributed by atoms with van der Waals surface area (Å²) in [6.45, 7) is 0. The van der Waals surface area contributed by atoms with E-state index in [2.05, 4.69) is 0 Å². The van der Waals surface area contributed by atoms with E-state index in [1.165, 1.54) is 30.0 Å². The molecular formula is C14H10ClNO4S. The minimum atomic E-state index is -1.05. The molecule has 1 N–H and O–H groups in total. The molecule has 2 rings (SSSR count). The van der Waals surface area contributed by atoms with Gasteiger partial charge < -0.3 is 5.11 Å². The fourth-order valence-electron chi connectivity index (χ4n) is 1.68. The van der Waals surface area contributed by atoms with Crippen molar-refractivity contribution in [3.63, 3.8) is 0 Å². The van der Waals surface area contributed by atoms with Gasteiger partial charge in [-0.3, -0.25) is 10.1 Å². The zero-order valence-corrected chi connectivity index (χ0v) is 12.2. The average molecular weight is 324 g/mol. The highest BCUT2D eigenvalue weighted by Gasteiger charge is 2.14. The van der Waals surface area contributed by atoms with Crippen LogP contribution in [0.4, 0.5) is 5.69 Å². The molecule has 0 aliphatic heterocycles. The van der Waals surface area contributed by atoms with Gasteiger partial charge in [0.2, 0.25) is 0 Å². The number of rotatable bonds is 5. The zero-order chi connectivity index (χ0) is 15.4. The van der Waals surface area contributed by atoms with Crippen molar-refractivity contribution in [2.75, 3.05) is 0 Å². The van der Waals surface area contributed by atoms with Gasteiger partial charge in [-0.25, -0.2) is 4.79 Å². The van der Waals surface area contributed by atoms with Crippen LogP contribution in [0.5, 0.6) is 0 Å². The summed E-state index contributed by atoms with van der Waals surface area (Å²) in [6.07, 6.45) is 0. The third-order valence-corrected chi connectivity index (χ3v) is 4.21. The number of aromatic carboxylic acids is 1. The normalized spacial score (nSPS) is 10.3. The first-order chi connectivity index (χ1) is 9.99. The van der Waals surface area contributed by atoms with E-state index in [1.807, 2.05) is 0 Å². The number of carboxylic acids is 1. The number of nitro benzene ring substituents is 1. The van der Waals surface area contributed by atoms with E-state index in [-0.39, 0.29) is 11.3 Å². The molecule has 2 aromatic carbocycles. The Morgan fingerprint density at radius 1 is 1.29 bits per heavy atom. The second-order valence-corrected chi connectivity index (χ2v) is 5.55. The number of thioether (sulfide) groups is 1. The van der Waals surface area contributed by atoms with E-state index in [4.69, 9.17) is 16.7 Å². The maximum Gasteiger partial charge on any atom is 0.335 e. The summed E-state index contributed by atoms with van der Waals surface area (Å²) < 4.78 is 0. The maximum atomic E-state index is 10.9. The second-order valence-electron chi connectivity index (χ2n) is 4.12. The lowest BCUT2D eigenvalue weighted by molar-refractivity contribution is -0.387. The van der Waals surface area contributed by atoms with Gasteiger partial charge in [-0.05, 0) is 23.8 Å². The van der Waals surface area contributed by atoms with Gasteiger partial charge in [0.1, 0.15) is 0 Å². The number of hydrogen-bond donors (Lipinski definition) is 1. The van der Waals surface area contributed by atoms with Crippen molar-refractivity contribution in [1.82, 2.24) is 0 Å². The monoisotopic (exact) mass is 323 g/mol. The molecule has 0 bridgehead atoms. The first kappa shape index (κ1) is 15.3. The molecule has 21 heavy (non-hydrogen) atoms. The summed E-state index contributed by atoms with van der Waals surface area (Å²) in [4.78, 5) is 21.9. The molecule has 0 saturated heterocycles. The second kappa shape index (κ2) is 6.60. The van der Waals surface area contributed by atoms with E-state index < -0.39 is 10.9 Å². The van der Waals surface area contributed by atoms with Crippen LogP contribution >= 0.6 is 23.4 Å². The average Bonchev–Trinajstić information content (AvgIpc) is 2.46. The predicted molar refractivity (Wildman–Crippen MR) is 81.1 cm³/mol. The van der Waals surface area contributed by atoms with Gasteiger partial charge in [0.25, 0.3) is 5.69 Å². The molecule has 2 aromatic rings. The number of halogens is 1. The van der Waals surface area contributed by atoms with Crippen molar-refractivity contribution >= 4 is 35.0 Å². The van der Waals surface area contributed by atoms with Crippen LogP contribution in [0, 0.1) is 10.1 Å². The number of nitro groups is 1. The third kappa shape index (κ3) is 3.74. The van der Waals surface area contributed by atoms with Gasteiger partial charge in [0.15, 0.2) is 0 Å². The number of carbonyl (C=O) groups is 1. The topological polar surface area (TPSA) is 80.4 Å².